The van der Waals surface area contributed by atoms with Crippen LogP contribution in [0.2, 0.25) is 0 Å². The predicted molar refractivity (Wildman–Crippen MR) is 57.5 cm³/mol. The van der Waals surface area contributed by atoms with Crippen LogP contribution in [0.1, 0.15) is 33.6 Å². The van der Waals surface area contributed by atoms with Crippen LogP contribution < -0.4 is 11.1 Å². The van der Waals surface area contributed by atoms with E-state index in [1.54, 1.807) is 0 Å². The maximum atomic E-state index is 11.2. The molecule has 88 valence electrons. The van der Waals surface area contributed by atoms with Crippen LogP contribution in [0.25, 0.3) is 0 Å². The van der Waals surface area contributed by atoms with E-state index in [4.69, 9.17) is 10.5 Å². The van der Waals surface area contributed by atoms with Gasteiger partial charge in [-0.05, 0) is 20.3 Å². The van der Waals surface area contributed by atoms with Gasteiger partial charge in [0.05, 0.1) is 6.54 Å². The van der Waals surface area contributed by atoms with E-state index in [0.717, 1.165) is 6.42 Å². The number of carbonyl (C=O) groups excluding carboxylic acids is 2. The number of nitrogens with one attached hydrogen (secondary N) is 1. The Bertz CT molecular complexity index is 227. The van der Waals surface area contributed by atoms with Crippen molar-refractivity contribution < 1.29 is 14.3 Å². The van der Waals surface area contributed by atoms with Gasteiger partial charge in [0.2, 0.25) is 0 Å². The molecular formula is C10H20N2O3. The fourth-order valence-electron chi connectivity index (χ4n) is 0.765. The molecule has 0 atom stereocenters. The highest BCUT2D eigenvalue weighted by Gasteiger charge is 2.19. The summed E-state index contributed by atoms with van der Waals surface area (Å²) in [4.78, 5) is 22.0. The highest BCUT2D eigenvalue weighted by Crippen LogP contribution is 2.13. The van der Waals surface area contributed by atoms with Crippen molar-refractivity contribution in [2.24, 2.45) is 5.73 Å². The van der Waals surface area contributed by atoms with Crippen molar-refractivity contribution in [2.75, 3.05) is 13.1 Å². The molecule has 5 heteroatoms. The van der Waals surface area contributed by atoms with Gasteiger partial charge in [-0.2, -0.15) is 0 Å². The number of Topliss-reactive ketones (excluding diaryl/α,β-unsaturated/α-hetero) is 1. The molecule has 1 amide bonds. The standard InChI is InChI=1S/C10H20N2O3/c1-4-10(2,3)15-9(14)12-6-5-8(13)7-11/h4-7,11H2,1-3H3,(H,12,14). The van der Waals surface area contributed by atoms with Crippen molar-refractivity contribution in [3.63, 3.8) is 0 Å². The van der Waals surface area contributed by atoms with E-state index in [-0.39, 0.29) is 25.3 Å². The molecule has 0 aromatic rings. The minimum absolute atomic E-state index is 0.0111. The van der Waals surface area contributed by atoms with Gasteiger partial charge in [0.15, 0.2) is 0 Å². The Morgan fingerprint density at radius 1 is 1.40 bits per heavy atom. The largest absolute Gasteiger partial charge is 0.444 e. The molecule has 0 saturated carbocycles. The first-order valence-electron chi connectivity index (χ1n) is 5.10. The zero-order chi connectivity index (χ0) is 11.9. The summed E-state index contributed by atoms with van der Waals surface area (Å²) in [6.45, 7) is 5.88. The molecule has 0 rings (SSSR count). The molecule has 15 heavy (non-hydrogen) atoms. The van der Waals surface area contributed by atoms with Gasteiger partial charge in [-0.3, -0.25) is 4.79 Å². The molecule has 0 aromatic heterocycles. The Morgan fingerprint density at radius 2 is 2.00 bits per heavy atom. The Kier molecular flexibility index (Phi) is 5.93. The Labute approximate surface area is 90.4 Å². The van der Waals surface area contributed by atoms with Gasteiger partial charge in [0, 0.05) is 13.0 Å². The van der Waals surface area contributed by atoms with E-state index in [2.05, 4.69) is 5.32 Å². The number of hydrogen-bond acceptors (Lipinski definition) is 4. The number of ether oxygens (including phenoxy) is 1. The summed E-state index contributed by atoms with van der Waals surface area (Å²) in [5.74, 6) is -0.0787. The first-order valence-corrected chi connectivity index (χ1v) is 5.10. The van der Waals surface area contributed by atoms with Crippen molar-refractivity contribution in [3.8, 4) is 0 Å². The molecule has 3 N–H and O–H groups in total. The molecule has 0 fully saturated rings. The zero-order valence-electron chi connectivity index (χ0n) is 9.63. The summed E-state index contributed by atoms with van der Waals surface area (Å²) in [5, 5.41) is 2.50. The first-order chi connectivity index (χ1) is 6.91. The maximum Gasteiger partial charge on any atom is 0.407 e. The van der Waals surface area contributed by atoms with Crippen LogP contribution in [-0.4, -0.2) is 30.6 Å². The average molecular weight is 216 g/mol. The topological polar surface area (TPSA) is 81.4 Å². The highest BCUT2D eigenvalue weighted by molar-refractivity contribution is 5.80. The van der Waals surface area contributed by atoms with E-state index in [1.165, 1.54) is 0 Å². The third kappa shape index (κ3) is 6.90. The van der Waals surface area contributed by atoms with Crippen molar-refractivity contribution in [1.82, 2.24) is 5.32 Å². The summed E-state index contributed by atoms with van der Waals surface area (Å²) in [5.41, 5.74) is 4.65. The number of ketones is 1. The van der Waals surface area contributed by atoms with Crippen LogP contribution in [-0.2, 0) is 9.53 Å². The third-order valence-corrected chi connectivity index (χ3v) is 2.12. The van der Waals surface area contributed by atoms with Gasteiger partial charge < -0.3 is 15.8 Å². The highest BCUT2D eigenvalue weighted by atomic mass is 16.6. The molecule has 0 bridgehead atoms. The second kappa shape index (κ2) is 6.40. The van der Waals surface area contributed by atoms with Crippen molar-refractivity contribution in [3.05, 3.63) is 0 Å². The summed E-state index contributed by atoms with van der Waals surface area (Å²) >= 11 is 0. The molecule has 0 aliphatic rings. The van der Waals surface area contributed by atoms with Gasteiger partial charge >= 0.3 is 6.09 Å². The van der Waals surface area contributed by atoms with E-state index in [9.17, 15) is 9.59 Å². The van der Waals surface area contributed by atoms with Crippen LogP contribution in [0.4, 0.5) is 4.79 Å². The zero-order valence-corrected chi connectivity index (χ0v) is 9.63. The van der Waals surface area contributed by atoms with Gasteiger partial charge in [0.25, 0.3) is 0 Å². The minimum Gasteiger partial charge on any atom is -0.444 e. The molecule has 0 aliphatic carbocycles. The van der Waals surface area contributed by atoms with Crippen molar-refractivity contribution in [2.45, 2.75) is 39.2 Å². The van der Waals surface area contributed by atoms with Crippen LogP contribution in [0.3, 0.4) is 0 Å². The SMILES string of the molecule is CCC(C)(C)OC(=O)NCCC(=O)CN. The van der Waals surface area contributed by atoms with Crippen molar-refractivity contribution >= 4 is 11.9 Å². The monoisotopic (exact) mass is 216 g/mol. The summed E-state index contributed by atoms with van der Waals surface area (Å²) in [6, 6.07) is 0. The number of rotatable bonds is 6. The molecule has 0 aromatic carbocycles. The lowest BCUT2D eigenvalue weighted by atomic mass is 10.1. The van der Waals surface area contributed by atoms with Crippen molar-refractivity contribution in [1.29, 1.82) is 0 Å². The fraction of sp³-hybridized carbons (Fsp3) is 0.800. The molecule has 0 radical (unpaired) electrons. The van der Waals surface area contributed by atoms with E-state index in [1.807, 2.05) is 20.8 Å². The van der Waals surface area contributed by atoms with Crippen LogP contribution in [0, 0.1) is 0 Å². The molecule has 0 heterocycles. The molecule has 0 spiro atoms. The predicted octanol–water partition coefficient (Wildman–Crippen LogP) is 0.819. The van der Waals surface area contributed by atoms with Gasteiger partial charge in [-0.1, -0.05) is 6.92 Å². The van der Waals surface area contributed by atoms with Crippen LogP contribution in [0.15, 0.2) is 0 Å². The maximum absolute atomic E-state index is 11.2. The number of nitrogens with two attached hydrogens (primary N) is 1. The Hall–Kier alpha value is -1.10. The minimum atomic E-state index is -0.494. The Morgan fingerprint density at radius 3 is 2.47 bits per heavy atom. The average Bonchev–Trinajstić information content (AvgIpc) is 2.16. The first kappa shape index (κ1) is 13.9. The molecule has 0 aliphatic heterocycles. The van der Waals surface area contributed by atoms with E-state index >= 15 is 0 Å². The third-order valence-electron chi connectivity index (χ3n) is 2.12. The summed E-state index contributed by atoms with van der Waals surface area (Å²) in [7, 11) is 0. The lowest BCUT2D eigenvalue weighted by molar-refractivity contribution is -0.117. The second-order valence-corrected chi connectivity index (χ2v) is 3.92. The molecule has 0 unspecified atom stereocenters. The number of alkyl carbamates (subject to hydrolysis) is 1. The van der Waals surface area contributed by atoms with Crippen LogP contribution in [0.5, 0.6) is 0 Å². The number of hydrogen-bond donors (Lipinski definition) is 2. The molecule has 0 saturated heterocycles. The summed E-state index contributed by atoms with van der Waals surface area (Å²) < 4.78 is 5.11. The second-order valence-electron chi connectivity index (χ2n) is 3.92. The Balaban J connectivity index is 3.72. The van der Waals surface area contributed by atoms with Gasteiger partial charge in [0.1, 0.15) is 11.4 Å². The smallest absolute Gasteiger partial charge is 0.407 e. The number of carbonyl (C=O) groups is 2. The van der Waals surface area contributed by atoms with Crippen LogP contribution >= 0.6 is 0 Å². The lowest BCUT2D eigenvalue weighted by Gasteiger charge is -2.23. The van der Waals surface area contributed by atoms with Gasteiger partial charge in [-0.15, -0.1) is 0 Å². The molecular weight excluding hydrogens is 196 g/mol. The van der Waals surface area contributed by atoms with Gasteiger partial charge in [-0.25, -0.2) is 4.79 Å². The normalized spacial score (nSPS) is 10.9. The van der Waals surface area contributed by atoms with E-state index < -0.39 is 11.7 Å². The fourth-order valence-corrected chi connectivity index (χ4v) is 0.765. The number of amides is 1. The quantitative estimate of drug-likeness (QED) is 0.688. The lowest BCUT2D eigenvalue weighted by Crippen LogP contribution is -2.35. The summed E-state index contributed by atoms with van der Waals surface area (Å²) in [6.07, 6.45) is 0.493. The van der Waals surface area contributed by atoms with E-state index in [0.29, 0.717) is 0 Å². The molecule has 5 nitrogen and oxygen atoms in total.